The average Bonchev–Trinajstić information content (AvgIpc) is 3.23. The number of ether oxygens (including phenoxy) is 1. The minimum atomic E-state index is 0.0963. The van der Waals surface area contributed by atoms with E-state index in [2.05, 4.69) is 47.1 Å². The summed E-state index contributed by atoms with van der Waals surface area (Å²) >= 11 is 0. The number of aryl methyl sites for hydroxylation is 4. The number of rotatable bonds is 13. The van der Waals surface area contributed by atoms with Crippen LogP contribution >= 0.6 is 0 Å². The first-order chi connectivity index (χ1) is 17.6. The molecule has 36 heavy (non-hydrogen) atoms. The molecule has 0 saturated heterocycles. The number of carbonyl (C=O) groups excluding carboxylic acids is 1. The Morgan fingerprint density at radius 3 is 2.61 bits per heavy atom. The SMILES string of the molecule is Cc1cccc(OCCCn2c(CCCCCNC(=O)Cc3ccccc3C)nc3ccccc32)c1. The standard InChI is InChI=1S/C31H37N3O2/c1-24-12-10-15-27(22-24)36-21-11-20-34-29-17-8-7-16-28(29)33-30(34)18-4-3-9-19-32-31(35)23-26-14-6-5-13-25(26)2/h5-8,10,12-17,22H,3-4,9,11,18-21,23H2,1-2H3,(H,32,35). The van der Waals surface area contributed by atoms with E-state index >= 15 is 0 Å². The number of carbonyl (C=O) groups is 1. The van der Waals surface area contributed by atoms with Crippen LogP contribution in [-0.4, -0.2) is 28.6 Å². The van der Waals surface area contributed by atoms with E-state index in [0.717, 1.165) is 73.4 Å². The summed E-state index contributed by atoms with van der Waals surface area (Å²) in [6.45, 7) is 6.41. The molecule has 0 bridgehead atoms. The van der Waals surface area contributed by atoms with Crippen LogP contribution in [0.25, 0.3) is 11.0 Å². The molecule has 188 valence electrons. The van der Waals surface area contributed by atoms with Gasteiger partial charge in [0.05, 0.1) is 24.1 Å². The number of nitrogens with one attached hydrogen (secondary N) is 1. The van der Waals surface area contributed by atoms with Gasteiger partial charge in [0, 0.05) is 19.5 Å². The maximum atomic E-state index is 12.3. The van der Waals surface area contributed by atoms with Crippen LogP contribution in [0.5, 0.6) is 5.75 Å². The minimum Gasteiger partial charge on any atom is -0.494 e. The third kappa shape index (κ3) is 7.20. The highest BCUT2D eigenvalue weighted by molar-refractivity contribution is 5.78. The van der Waals surface area contributed by atoms with E-state index in [9.17, 15) is 4.79 Å². The number of nitrogens with zero attached hydrogens (tertiary/aromatic N) is 2. The van der Waals surface area contributed by atoms with Gasteiger partial charge in [-0.2, -0.15) is 0 Å². The molecule has 1 N–H and O–H groups in total. The zero-order valence-electron chi connectivity index (χ0n) is 21.5. The predicted molar refractivity (Wildman–Crippen MR) is 146 cm³/mol. The molecule has 4 aromatic rings. The molecule has 5 nitrogen and oxygen atoms in total. The minimum absolute atomic E-state index is 0.0963. The number of hydrogen-bond donors (Lipinski definition) is 1. The zero-order valence-corrected chi connectivity index (χ0v) is 21.5. The third-order valence-corrected chi connectivity index (χ3v) is 6.53. The van der Waals surface area contributed by atoms with Crippen LogP contribution in [0.3, 0.4) is 0 Å². The first-order valence-corrected chi connectivity index (χ1v) is 13.0. The fourth-order valence-electron chi connectivity index (χ4n) is 4.54. The Bertz CT molecular complexity index is 1280. The van der Waals surface area contributed by atoms with Crippen LogP contribution in [-0.2, 0) is 24.2 Å². The van der Waals surface area contributed by atoms with E-state index in [1.54, 1.807) is 0 Å². The van der Waals surface area contributed by atoms with Crippen LogP contribution in [0.4, 0.5) is 0 Å². The average molecular weight is 484 g/mol. The maximum absolute atomic E-state index is 12.3. The number of para-hydroxylation sites is 2. The van der Waals surface area contributed by atoms with Gasteiger partial charge in [-0.15, -0.1) is 0 Å². The Labute approximate surface area is 214 Å². The monoisotopic (exact) mass is 483 g/mol. The number of hydrogen-bond acceptors (Lipinski definition) is 3. The van der Waals surface area contributed by atoms with Gasteiger partial charge < -0.3 is 14.6 Å². The molecule has 0 radical (unpaired) electrons. The van der Waals surface area contributed by atoms with Gasteiger partial charge in [0.1, 0.15) is 11.6 Å². The highest BCUT2D eigenvalue weighted by Crippen LogP contribution is 2.19. The van der Waals surface area contributed by atoms with E-state index < -0.39 is 0 Å². The molecule has 1 aromatic heterocycles. The van der Waals surface area contributed by atoms with E-state index in [0.29, 0.717) is 13.0 Å². The summed E-state index contributed by atoms with van der Waals surface area (Å²) in [6, 6.07) is 24.6. The Balaban J connectivity index is 1.22. The molecule has 0 aliphatic carbocycles. The number of unbranched alkanes of at least 4 members (excludes halogenated alkanes) is 2. The fraction of sp³-hybridized carbons (Fsp3) is 0.355. The summed E-state index contributed by atoms with van der Waals surface area (Å²) in [5.74, 6) is 2.16. The van der Waals surface area contributed by atoms with E-state index in [1.165, 1.54) is 11.1 Å². The van der Waals surface area contributed by atoms with Gasteiger partial charge in [-0.25, -0.2) is 4.98 Å². The molecule has 0 spiro atoms. The molecule has 1 amide bonds. The molecule has 0 saturated carbocycles. The summed E-state index contributed by atoms with van der Waals surface area (Å²) in [6.07, 6.45) is 5.40. The van der Waals surface area contributed by atoms with E-state index in [-0.39, 0.29) is 5.91 Å². The molecule has 5 heteroatoms. The second-order valence-electron chi connectivity index (χ2n) is 9.45. The Morgan fingerprint density at radius 2 is 1.75 bits per heavy atom. The van der Waals surface area contributed by atoms with Crippen LogP contribution in [0.2, 0.25) is 0 Å². The number of fused-ring (bicyclic) bond motifs is 1. The first kappa shape index (κ1) is 25.5. The van der Waals surface area contributed by atoms with E-state index in [4.69, 9.17) is 9.72 Å². The van der Waals surface area contributed by atoms with Crippen LogP contribution in [0.15, 0.2) is 72.8 Å². The number of benzene rings is 3. The zero-order chi connectivity index (χ0) is 25.2. The molecular weight excluding hydrogens is 446 g/mol. The third-order valence-electron chi connectivity index (χ3n) is 6.53. The van der Waals surface area contributed by atoms with Gasteiger partial charge >= 0.3 is 0 Å². The van der Waals surface area contributed by atoms with Gasteiger partial charge in [-0.3, -0.25) is 4.79 Å². The summed E-state index contributed by atoms with van der Waals surface area (Å²) in [7, 11) is 0. The van der Waals surface area contributed by atoms with Crippen molar-refractivity contribution in [1.82, 2.24) is 14.9 Å². The molecule has 4 rings (SSSR count). The van der Waals surface area contributed by atoms with Gasteiger partial charge in [0.2, 0.25) is 5.91 Å². The van der Waals surface area contributed by atoms with Crippen LogP contribution in [0.1, 0.15) is 48.2 Å². The lowest BCUT2D eigenvalue weighted by Gasteiger charge is -2.11. The normalized spacial score (nSPS) is 11.1. The second-order valence-corrected chi connectivity index (χ2v) is 9.45. The van der Waals surface area contributed by atoms with Gasteiger partial charge in [0.25, 0.3) is 0 Å². The van der Waals surface area contributed by atoms with Crippen molar-refractivity contribution in [3.63, 3.8) is 0 Å². The Hall–Kier alpha value is -3.60. The number of aromatic nitrogens is 2. The second kappa shape index (κ2) is 12.9. The Morgan fingerprint density at radius 1 is 0.917 bits per heavy atom. The van der Waals surface area contributed by atoms with Crippen LogP contribution < -0.4 is 10.1 Å². The first-order valence-electron chi connectivity index (χ1n) is 13.0. The lowest BCUT2D eigenvalue weighted by atomic mass is 10.1. The fourth-order valence-corrected chi connectivity index (χ4v) is 4.54. The molecule has 0 aliphatic rings. The van der Waals surface area contributed by atoms with Crippen molar-refractivity contribution in [3.05, 3.63) is 95.3 Å². The highest BCUT2D eigenvalue weighted by Gasteiger charge is 2.10. The summed E-state index contributed by atoms with van der Waals surface area (Å²) in [5, 5.41) is 3.07. The van der Waals surface area contributed by atoms with Crippen molar-refractivity contribution in [2.75, 3.05) is 13.2 Å². The van der Waals surface area contributed by atoms with Crippen molar-refractivity contribution in [2.24, 2.45) is 0 Å². The molecule has 1 heterocycles. The maximum Gasteiger partial charge on any atom is 0.224 e. The summed E-state index contributed by atoms with van der Waals surface area (Å²) in [4.78, 5) is 17.2. The lowest BCUT2D eigenvalue weighted by Crippen LogP contribution is -2.26. The van der Waals surface area contributed by atoms with E-state index in [1.807, 2.05) is 49.4 Å². The summed E-state index contributed by atoms with van der Waals surface area (Å²) in [5.41, 5.74) is 5.71. The Kier molecular flexibility index (Phi) is 9.15. The molecule has 0 aliphatic heterocycles. The number of imidazole rings is 1. The van der Waals surface area contributed by atoms with Crippen molar-refractivity contribution in [2.45, 2.75) is 58.9 Å². The molecular formula is C31H37N3O2. The molecule has 0 unspecified atom stereocenters. The summed E-state index contributed by atoms with van der Waals surface area (Å²) < 4.78 is 8.30. The molecule has 0 atom stereocenters. The van der Waals surface area contributed by atoms with Crippen LogP contribution in [0, 0.1) is 13.8 Å². The number of amides is 1. The van der Waals surface area contributed by atoms with Gasteiger partial charge in [0.15, 0.2) is 0 Å². The van der Waals surface area contributed by atoms with Crippen molar-refractivity contribution >= 4 is 16.9 Å². The topological polar surface area (TPSA) is 56.1 Å². The molecule has 0 fully saturated rings. The van der Waals surface area contributed by atoms with Gasteiger partial charge in [-0.1, -0.05) is 55.0 Å². The predicted octanol–water partition coefficient (Wildman–Crippen LogP) is 6.19. The van der Waals surface area contributed by atoms with Crippen molar-refractivity contribution in [3.8, 4) is 5.75 Å². The quantitative estimate of drug-likeness (QED) is 0.231. The smallest absolute Gasteiger partial charge is 0.224 e. The molecule has 3 aromatic carbocycles. The van der Waals surface area contributed by atoms with Crippen molar-refractivity contribution < 1.29 is 9.53 Å². The van der Waals surface area contributed by atoms with Crippen molar-refractivity contribution in [1.29, 1.82) is 0 Å². The highest BCUT2D eigenvalue weighted by atomic mass is 16.5. The largest absolute Gasteiger partial charge is 0.494 e. The van der Waals surface area contributed by atoms with Gasteiger partial charge in [-0.05, 0) is 74.1 Å². The lowest BCUT2D eigenvalue weighted by molar-refractivity contribution is -0.120.